The molecule has 1 aromatic heterocycles. The van der Waals surface area contributed by atoms with Crippen LogP contribution in [-0.2, 0) is 31.2 Å². The average Bonchev–Trinajstić information content (AvgIpc) is 3.22. The van der Waals surface area contributed by atoms with Crippen molar-refractivity contribution in [1.29, 1.82) is 0 Å². The van der Waals surface area contributed by atoms with Gasteiger partial charge in [-0.1, -0.05) is 13.3 Å². The average molecular weight is 390 g/mol. The van der Waals surface area contributed by atoms with Gasteiger partial charge in [0.2, 0.25) is 5.91 Å². The fraction of sp³-hybridized carbons (Fsp3) is 0.750. The Kier molecular flexibility index (Phi) is 5.68. The first-order valence-corrected chi connectivity index (χ1v) is 10.5. The van der Waals surface area contributed by atoms with E-state index in [2.05, 4.69) is 16.5 Å². The van der Waals surface area contributed by atoms with Crippen LogP contribution in [0.2, 0.25) is 0 Å². The highest BCUT2D eigenvalue weighted by Gasteiger charge is 2.48. The highest BCUT2D eigenvalue weighted by molar-refractivity contribution is 5.81. The number of amides is 2. The number of carbonyl (C=O) groups is 2. The van der Waals surface area contributed by atoms with E-state index in [-0.39, 0.29) is 11.8 Å². The zero-order valence-corrected chi connectivity index (χ0v) is 16.6. The normalized spacial score (nSPS) is 24.2. The number of fused-ring (bicyclic) bond motifs is 2. The van der Waals surface area contributed by atoms with Gasteiger partial charge in [0, 0.05) is 57.8 Å². The third-order valence-electron chi connectivity index (χ3n) is 6.12. The fourth-order valence-corrected chi connectivity index (χ4v) is 4.46. The number of rotatable bonds is 4. The predicted octanol–water partition coefficient (Wildman–Crippen LogP) is 1.15. The second kappa shape index (κ2) is 8.21. The van der Waals surface area contributed by atoms with E-state index in [9.17, 15) is 9.59 Å². The van der Waals surface area contributed by atoms with Gasteiger partial charge in [-0.3, -0.25) is 9.59 Å². The SMILES string of the molecule is CCCCC(=O)N1CCC2(CC1)O[C@@H](C(=O)N1CCOCC1)Cn1ccnc12. The van der Waals surface area contributed by atoms with Crippen LogP contribution in [-0.4, -0.2) is 76.7 Å². The number of aromatic nitrogens is 2. The number of hydrogen-bond acceptors (Lipinski definition) is 5. The largest absolute Gasteiger partial charge is 0.378 e. The van der Waals surface area contributed by atoms with Crippen LogP contribution in [0, 0.1) is 0 Å². The molecule has 1 atom stereocenters. The van der Waals surface area contributed by atoms with Gasteiger partial charge < -0.3 is 23.8 Å². The maximum absolute atomic E-state index is 13.0. The first-order chi connectivity index (χ1) is 13.6. The summed E-state index contributed by atoms with van der Waals surface area (Å²) >= 11 is 0. The van der Waals surface area contributed by atoms with Crippen LogP contribution in [0.4, 0.5) is 0 Å². The molecule has 0 aromatic carbocycles. The maximum atomic E-state index is 13.0. The maximum Gasteiger partial charge on any atom is 0.253 e. The molecule has 28 heavy (non-hydrogen) atoms. The molecular formula is C20H30N4O4. The third-order valence-corrected chi connectivity index (χ3v) is 6.12. The smallest absolute Gasteiger partial charge is 0.253 e. The quantitative estimate of drug-likeness (QED) is 0.771. The molecule has 154 valence electrons. The Bertz CT molecular complexity index is 705. The molecule has 0 bridgehead atoms. The van der Waals surface area contributed by atoms with Gasteiger partial charge >= 0.3 is 0 Å². The lowest BCUT2D eigenvalue weighted by Gasteiger charge is -2.46. The number of likely N-dealkylation sites (tertiary alicyclic amines) is 1. The molecule has 2 amide bonds. The van der Waals surface area contributed by atoms with Gasteiger partial charge in [-0.15, -0.1) is 0 Å². The minimum atomic E-state index is -0.587. The van der Waals surface area contributed by atoms with E-state index in [1.54, 1.807) is 6.20 Å². The van der Waals surface area contributed by atoms with Crippen molar-refractivity contribution in [2.24, 2.45) is 0 Å². The number of nitrogens with zero attached hydrogens (tertiary/aromatic N) is 4. The highest BCUT2D eigenvalue weighted by Crippen LogP contribution is 2.40. The van der Waals surface area contributed by atoms with E-state index in [1.807, 2.05) is 16.0 Å². The molecule has 0 saturated carbocycles. The van der Waals surface area contributed by atoms with Gasteiger partial charge in [0.15, 0.2) is 6.10 Å². The standard InChI is InChI=1S/C20H30N4O4/c1-2-3-4-17(25)22-8-5-20(6-9-22)19-21-7-10-24(19)15-16(28-20)18(26)23-11-13-27-14-12-23/h7,10,16H,2-6,8-9,11-15H2,1H3/t16-/m1/s1. The summed E-state index contributed by atoms with van der Waals surface area (Å²) < 4.78 is 13.9. The van der Waals surface area contributed by atoms with Gasteiger partial charge in [-0.25, -0.2) is 4.98 Å². The minimum absolute atomic E-state index is 0.0310. The van der Waals surface area contributed by atoms with E-state index >= 15 is 0 Å². The molecular weight excluding hydrogens is 360 g/mol. The predicted molar refractivity (Wildman–Crippen MR) is 102 cm³/mol. The van der Waals surface area contributed by atoms with Gasteiger partial charge in [0.05, 0.1) is 19.8 Å². The van der Waals surface area contributed by atoms with Crippen molar-refractivity contribution in [3.05, 3.63) is 18.2 Å². The number of carbonyl (C=O) groups excluding carboxylic acids is 2. The van der Waals surface area contributed by atoms with Crippen molar-refractivity contribution in [2.45, 2.75) is 57.3 Å². The van der Waals surface area contributed by atoms with E-state index in [0.29, 0.717) is 65.2 Å². The van der Waals surface area contributed by atoms with Crippen LogP contribution in [0.5, 0.6) is 0 Å². The topological polar surface area (TPSA) is 76.9 Å². The molecule has 8 heteroatoms. The number of unbranched alkanes of at least 4 members (excludes halogenated alkanes) is 1. The Hall–Kier alpha value is -1.93. The van der Waals surface area contributed by atoms with Crippen LogP contribution in [0.25, 0.3) is 0 Å². The van der Waals surface area contributed by atoms with E-state index < -0.39 is 11.7 Å². The minimum Gasteiger partial charge on any atom is -0.378 e. The van der Waals surface area contributed by atoms with Gasteiger partial charge in [-0.05, 0) is 6.42 Å². The number of morpholine rings is 1. The van der Waals surface area contributed by atoms with Crippen LogP contribution >= 0.6 is 0 Å². The number of imidazole rings is 1. The number of hydrogen-bond donors (Lipinski definition) is 0. The summed E-state index contributed by atoms with van der Waals surface area (Å²) in [5.74, 6) is 1.14. The molecule has 0 radical (unpaired) electrons. The Balaban J connectivity index is 1.48. The Morgan fingerprint density at radius 1 is 1.18 bits per heavy atom. The monoisotopic (exact) mass is 390 g/mol. The molecule has 8 nitrogen and oxygen atoms in total. The molecule has 4 heterocycles. The van der Waals surface area contributed by atoms with Crippen molar-refractivity contribution in [1.82, 2.24) is 19.4 Å². The molecule has 3 aliphatic rings. The molecule has 1 aromatic rings. The lowest BCUT2D eigenvalue weighted by molar-refractivity contribution is -0.184. The lowest BCUT2D eigenvalue weighted by atomic mass is 9.88. The zero-order valence-electron chi connectivity index (χ0n) is 16.6. The van der Waals surface area contributed by atoms with Crippen molar-refractivity contribution in [3.8, 4) is 0 Å². The molecule has 2 fully saturated rings. The fourth-order valence-electron chi connectivity index (χ4n) is 4.46. The zero-order chi connectivity index (χ0) is 19.6. The Labute approximate surface area is 165 Å². The van der Waals surface area contributed by atoms with Crippen LogP contribution in [0.3, 0.4) is 0 Å². The summed E-state index contributed by atoms with van der Waals surface area (Å²) in [5.41, 5.74) is -0.587. The van der Waals surface area contributed by atoms with Gasteiger partial charge in [-0.2, -0.15) is 0 Å². The third kappa shape index (κ3) is 3.67. The molecule has 3 aliphatic heterocycles. The van der Waals surface area contributed by atoms with Crippen molar-refractivity contribution in [3.63, 3.8) is 0 Å². The molecule has 2 saturated heterocycles. The van der Waals surface area contributed by atoms with Crippen LogP contribution in [0.15, 0.2) is 12.4 Å². The molecule has 1 spiro atoms. The lowest BCUT2D eigenvalue weighted by Crippen LogP contribution is -2.56. The van der Waals surface area contributed by atoms with Crippen LogP contribution in [0.1, 0.15) is 44.9 Å². The summed E-state index contributed by atoms with van der Waals surface area (Å²) in [6.45, 7) is 6.27. The molecule has 0 N–H and O–H groups in total. The summed E-state index contributed by atoms with van der Waals surface area (Å²) in [5, 5.41) is 0. The summed E-state index contributed by atoms with van der Waals surface area (Å²) in [6, 6.07) is 0. The van der Waals surface area contributed by atoms with Gasteiger partial charge in [0.25, 0.3) is 5.91 Å². The summed E-state index contributed by atoms with van der Waals surface area (Å²) in [7, 11) is 0. The number of ether oxygens (including phenoxy) is 2. The molecule has 0 aliphatic carbocycles. The van der Waals surface area contributed by atoms with Crippen molar-refractivity contribution in [2.75, 3.05) is 39.4 Å². The second-order valence-electron chi connectivity index (χ2n) is 7.93. The van der Waals surface area contributed by atoms with Crippen molar-refractivity contribution >= 4 is 11.8 Å². The van der Waals surface area contributed by atoms with E-state index in [4.69, 9.17) is 9.47 Å². The number of piperidine rings is 1. The highest BCUT2D eigenvalue weighted by atomic mass is 16.5. The van der Waals surface area contributed by atoms with E-state index in [0.717, 1.165) is 18.7 Å². The van der Waals surface area contributed by atoms with Crippen LogP contribution < -0.4 is 0 Å². The Morgan fingerprint density at radius 2 is 1.93 bits per heavy atom. The van der Waals surface area contributed by atoms with Gasteiger partial charge in [0.1, 0.15) is 11.4 Å². The second-order valence-corrected chi connectivity index (χ2v) is 7.93. The van der Waals surface area contributed by atoms with Crippen molar-refractivity contribution < 1.29 is 19.1 Å². The Morgan fingerprint density at radius 3 is 2.64 bits per heavy atom. The summed E-state index contributed by atoms with van der Waals surface area (Å²) in [6.07, 6.45) is 7.11. The summed E-state index contributed by atoms with van der Waals surface area (Å²) in [4.78, 5) is 33.8. The molecule has 4 rings (SSSR count). The van der Waals surface area contributed by atoms with E-state index in [1.165, 1.54) is 0 Å². The first kappa shape index (κ1) is 19.4. The first-order valence-electron chi connectivity index (χ1n) is 10.5. The molecule has 0 unspecified atom stereocenters.